The third-order valence-electron chi connectivity index (χ3n) is 5.53. The van der Waals surface area contributed by atoms with Gasteiger partial charge in [-0.2, -0.15) is 0 Å². The van der Waals surface area contributed by atoms with Crippen LogP contribution in [0, 0.1) is 0 Å². The van der Waals surface area contributed by atoms with Gasteiger partial charge in [0.15, 0.2) is 23.0 Å². The number of hydrogen-bond acceptors (Lipinski definition) is 7. The summed E-state index contributed by atoms with van der Waals surface area (Å²) in [6.07, 6.45) is 5.02. The van der Waals surface area contributed by atoms with Crippen LogP contribution in [0.2, 0.25) is 0 Å². The van der Waals surface area contributed by atoms with Crippen molar-refractivity contribution < 1.29 is 23.7 Å². The Labute approximate surface area is 221 Å². The zero-order valence-electron chi connectivity index (χ0n) is 19.9. The largest absolute Gasteiger partial charge is 0.493 e. The third-order valence-corrected chi connectivity index (χ3v) is 6.05. The fourth-order valence-electron chi connectivity index (χ4n) is 3.61. The maximum atomic E-state index is 12.3. The summed E-state index contributed by atoms with van der Waals surface area (Å²) < 4.78 is 24.7. The number of hydrogen-bond donors (Lipinski definition) is 1. The molecule has 0 radical (unpaired) electrons. The van der Waals surface area contributed by atoms with Crippen LogP contribution < -0.4 is 24.3 Å². The Bertz CT molecular complexity index is 1440. The number of amides is 1. The molecular weight excluding hydrogens is 540 g/mol. The minimum Gasteiger partial charge on any atom is -0.493 e. The number of methoxy groups -OCH3 is 1. The molecule has 1 amide bonds. The molecule has 0 spiro atoms. The molecule has 3 aromatic carbocycles. The van der Waals surface area contributed by atoms with Crippen LogP contribution in [0.15, 0.2) is 77.4 Å². The molecule has 5 rings (SSSR count). The van der Waals surface area contributed by atoms with E-state index in [-0.39, 0.29) is 19.3 Å². The molecule has 0 saturated heterocycles. The predicted molar refractivity (Wildman–Crippen MR) is 140 cm³/mol. The maximum absolute atomic E-state index is 12.3. The topological polar surface area (TPSA) is 96.7 Å². The predicted octanol–water partition coefficient (Wildman–Crippen LogP) is 4.68. The van der Waals surface area contributed by atoms with Crippen LogP contribution in [0.4, 0.5) is 0 Å². The first kappa shape index (κ1) is 24.4. The molecule has 0 unspecified atom stereocenters. The van der Waals surface area contributed by atoms with Crippen molar-refractivity contribution in [2.45, 2.75) is 13.2 Å². The summed E-state index contributed by atoms with van der Waals surface area (Å²) in [5.41, 5.74) is 3.29. The van der Waals surface area contributed by atoms with Crippen molar-refractivity contribution in [1.82, 2.24) is 20.3 Å². The lowest BCUT2D eigenvalue weighted by atomic mass is 10.2. The second kappa shape index (κ2) is 11.2. The zero-order valence-corrected chi connectivity index (χ0v) is 21.5. The summed E-state index contributed by atoms with van der Waals surface area (Å²) >= 11 is 3.43. The minimum atomic E-state index is -0.217. The Morgan fingerprint density at radius 3 is 2.76 bits per heavy atom. The molecule has 0 bridgehead atoms. The number of halogens is 1. The molecule has 1 aromatic heterocycles. The van der Waals surface area contributed by atoms with Crippen molar-refractivity contribution in [2.75, 3.05) is 13.9 Å². The van der Waals surface area contributed by atoms with E-state index in [1.54, 1.807) is 17.9 Å². The fourth-order valence-corrected chi connectivity index (χ4v) is 3.88. The first-order chi connectivity index (χ1) is 18.1. The number of benzene rings is 3. The van der Waals surface area contributed by atoms with Crippen LogP contribution in [0.3, 0.4) is 0 Å². The van der Waals surface area contributed by atoms with Crippen molar-refractivity contribution in [3.63, 3.8) is 0 Å². The van der Waals surface area contributed by atoms with Crippen molar-refractivity contribution >= 4 is 27.9 Å². The van der Waals surface area contributed by atoms with E-state index >= 15 is 0 Å². The molecule has 10 heteroatoms. The standard InChI is InChI=1S/C27H23BrN4O5/c1-34-25-13-19(14-29-27(33)11-4-18-2-9-24-26(12-18)37-17-36-24)3-10-23(25)35-16-21-15-32(31-30-21)22-7-5-20(28)6-8-22/h2-13,15H,14,16-17H2,1H3,(H,29,33)/b11-4+. The van der Waals surface area contributed by atoms with E-state index in [4.69, 9.17) is 18.9 Å². The number of fused-ring (bicyclic) bond motifs is 1. The Hall–Kier alpha value is -4.31. The lowest BCUT2D eigenvalue weighted by molar-refractivity contribution is -0.116. The zero-order chi connectivity index (χ0) is 25.6. The highest BCUT2D eigenvalue weighted by atomic mass is 79.9. The molecule has 0 saturated carbocycles. The molecule has 9 nitrogen and oxygen atoms in total. The van der Waals surface area contributed by atoms with E-state index < -0.39 is 0 Å². The minimum absolute atomic E-state index is 0.213. The second-order valence-corrected chi connectivity index (χ2v) is 8.98. The summed E-state index contributed by atoms with van der Waals surface area (Å²) in [6.45, 7) is 0.778. The molecule has 1 aliphatic heterocycles. The van der Waals surface area contributed by atoms with Gasteiger partial charge in [-0.15, -0.1) is 5.10 Å². The number of carbonyl (C=O) groups is 1. The highest BCUT2D eigenvalue weighted by molar-refractivity contribution is 9.10. The molecule has 4 aromatic rings. The van der Waals surface area contributed by atoms with E-state index in [1.807, 2.05) is 66.9 Å². The summed E-state index contributed by atoms with van der Waals surface area (Å²) in [5, 5.41) is 11.2. The highest BCUT2D eigenvalue weighted by Gasteiger charge is 2.13. The number of nitrogens with one attached hydrogen (secondary N) is 1. The molecule has 0 fully saturated rings. The number of rotatable bonds is 9. The smallest absolute Gasteiger partial charge is 0.244 e. The highest BCUT2D eigenvalue weighted by Crippen LogP contribution is 2.33. The van der Waals surface area contributed by atoms with E-state index in [0.29, 0.717) is 35.2 Å². The average molecular weight is 563 g/mol. The molecule has 1 aliphatic rings. The Balaban J connectivity index is 1.15. The van der Waals surface area contributed by atoms with Gasteiger partial charge in [-0.3, -0.25) is 4.79 Å². The summed E-state index contributed by atoms with van der Waals surface area (Å²) in [5.74, 6) is 2.29. The summed E-state index contributed by atoms with van der Waals surface area (Å²) in [6, 6.07) is 18.8. The van der Waals surface area contributed by atoms with Gasteiger partial charge in [0.1, 0.15) is 12.3 Å². The molecule has 1 N–H and O–H groups in total. The van der Waals surface area contributed by atoms with Crippen LogP contribution in [0.25, 0.3) is 11.8 Å². The van der Waals surface area contributed by atoms with Crippen LogP contribution in [-0.2, 0) is 17.9 Å². The van der Waals surface area contributed by atoms with Gasteiger partial charge in [-0.25, -0.2) is 4.68 Å². The number of aromatic nitrogens is 3. The third kappa shape index (κ3) is 6.10. The molecule has 37 heavy (non-hydrogen) atoms. The molecule has 0 atom stereocenters. The summed E-state index contributed by atoms with van der Waals surface area (Å²) in [7, 11) is 1.57. The van der Waals surface area contributed by atoms with Gasteiger partial charge in [-0.05, 0) is 65.7 Å². The van der Waals surface area contributed by atoms with Crippen molar-refractivity contribution in [1.29, 1.82) is 0 Å². The fraction of sp³-hybridized carbons (Fsp3) is 0.148. The SMILES string of the molecule is COc1cc(CNC(=O)/C=C/c2ccc3c(c2)OCO3)ccc1OCc1cn(-c2ccc(Br)cc2)nn1. The van der Waals surface area contributed by atoms with Gasteiger partial charge >= 0.3 is 0 Å². The van der Waals surface area contributed by atoms with Crippen molar-refractivity contribution in [2.24, 2.45) is 0 Å². The maximum Gasteiger partial charge on any atom is 0.244 e. The molecule has 188 valence electrons. The Morgan fingerprint density at radius 2 is 1.92 bits per heavy atom. The Morgan fingerprint density at radius 1 is 1.08 bits per heavy atom. The quantitative estimate of drug-likeness (QED) is 0.296. The van der Waals surface area contributed by atoms with Gasteiger partial charge in [0.25, 0.3) is 0 Å². The average Bonchev–Trinajstić information content (AvgIpc) is 3.59. The lowest BCUT2D eigenvalue weighted by Crippen LogP contribution is -2.20. The Kier molecular flexibility index (Phi) is 7.36. The number of nitrogens with zero attached hydrogens (tertiary/aromatic N) is 3. The van der Waals surface area contributed by atoms with Crippen molar-refractivity contribution in [3.05, 3.63) is 94.2 Å². The first-order valence-corrected chi connectivity index (χ1v) is 12.2. The molecular formula is C27H23BrN4O5. The van der Waals surface area contributed by atoms with E-state index in [0.717, 1.165) is 21.3 Å². The molecule has 0 aliphatic carbocycles. The van der Waals surface area contributed by atoms with Crippen LogP contribution in [-0.4, -0.2) is 34.8 Å². The number of ether oxygens (including phenoxy) is 4. The normalized spacial score (nSPS) is 12.1. The van der Waals surface area contributed by atoms with Crippen molar-refractivity contribution in [3.8, 4) is 28.7 Å². The number of carbonyl (C=O) groups excluding carboxylic acids is 1. The second-order valence-electron chi connectivity index (χ2n) is 8.07. The van der Waals surface area contributed by atoms with Gasteiger partial charge in [0, 0.05) is 17.1 Å². The van der Waals surface area contributed by atoms with Crippen LogP contribution in [0.1, 0.15) is 16.8 Å². The lowest BCUT2D eigenvalue weighted by Gasteiger charge is -2.11. The van der Waals surface area contributed by atoms with Gasteiger partial charge in [0.2, 0.25) is 12.7 Å². The monoisotopic (exact) mass is 562 g/mol. The van der Waals surface area contributed by atoms with E-state index in [1.165, 1.54) is 6.08 Å². The first-order valence-electron chi connectivity index (χ1n) is 11.4. The summed E-state index contributed by atoms with van der Waals surface area (Å²) in [4.78, 5) is 12.3. The van der Waals surface area contributed by atoms with Gasteiger partial charge in [-0.1, -0.05) is 33.3 Å². The van der Waals surface area contributed by atoms with Crippen LogP contribution in [0.5, 0.6) is 23.0 Å². The van der Waals surface area contributed by atoms with Crippen LogP contribution >= 0.6 is 15.9 Å². The molecule has 2 heterocycles. The van der Waals surface area contributed by atoms with Gasteiger partial charge in [0.05, 0.1) is 19.0 Å². The van der Waals surface area contributed by atoms with E-state index in [2.05, 4.69) is 31.6 Å². The van der Waals surface area contributed by atoms with E-state index in [9.17, 15) is 4.79 Å². The van der Waals surface area contributed by atoms with Gasteiger partial charge < -0.3 is 24.3 Å².